The highest BCUT2D eigenvalue weighted by Gasteiger charge is 2.41. The zero-order chi connectivity index (χ0) is 15.0. The second-order valence-electron chi connectivity index (χ2n) is 6.20. The van der Waals surface area contributed by atoms with Gasteiger partial charge in [-0.25, -0.2) is 8.42 Å². The molecule has 1 aromatic heterocycles. The Morgan fingerprint density at radius 3 is 2.76 bits per heavy atom. The highest BCUT2D eigenvalue weighted by atomic mass is 32.2. The van der Waals surface area contributed by atoms with E-state index in [-0.39, 0.29) is 12.6 Å². The first-order chi connectivity index (χ1) is 10.1. The minimum absolute atomic E-state index is 0.140. The van der Waals surface area contributed by atoms with Crippen LogP contribution in [0.15, 0.2) is 4.90 Å². The van der Waals surface area contributed by atoms with Crippen molar-refractivity contribution in [2.24, 2.45) is 11.7 Å². The Kier molecular flexibility index (Phi) is 4.07. The Morgan fingerprint density at radius 1 is 1.29 bits per heavy atom. The second kappa shape index (κ2) is 5.70. The van der Waals surface area contributed by atoms with Crippen LogP contribution in [0.5, 0.6) is 0 Å². The topological polar surface area (TPSA) is 92.1 Å². The van der Waals surface area contributed by atoms with Crippen LogP contribution in [-0.2, 0) is 16.6 Å². The van der Waals surface area contributed by atoms with Gasteiger partial charge in [0, 0.05) is 19.1 Å². The van der Waals surface area contributed by atoms with Gasteiger partial charge in [0.15, 0.2) is 0 Å². The molecule has 0 radical (unpaired) electrons. The highest BCUT2D eigenvalue weighted by Crippen LogP contribution is 2.38. The molecule has 1 saturated heterocycles. The first kappa shape index (κ1) is 15.0. The maximum atomic E-state index is 13.1. The normalized spacial score (nSPS) is 27.5. The van der Waals surface area contributed by atoms with Crippen LogP contribution in [0.4, 0.5) is 0 Å². The number of hydrogen-bond acceptors (Lipinski definition) is 4. The summed E-state index contributed by atoms with van der Waals surface area (Å²) in [6.45, 7) is 2.51. The molecule has 3 rings (SSSR count). The van der Waals surface area contributed by atoms with Crippen molar-refractivity contribution < 1.29 is 8.42 Å². The van der Waals surface area contributed by atoms with Crippen LogP contribution in [0.25, 0.3) is 0 Å². The Bertz CT molecular complexity index is 608. The SMILES string of the molecule is Cc1[nH]nc(CN)c1S(=O)(=O)N1CCCC2CCCCC21. The minimum Gasteiger partial charge on any atom is -0.325 e. The van der Waals surface area contributed by atoms with Crippen molar-refractivity contribution in [1.29, 1.82) is 0 Å². The van der Waals surface area contributed by atoms with Crippen molar-refractivity contribution in [2.75, 3.05) is 6.54 Å². The molecular formula is C14H24N4O2S. The molecule has 6 nitrogen and oxygen atoms in total. The molecule has 2 aliphatic rings. The predicted molar refractivity (Wildman–Crippen MR) is 80.1 cm³/mol. The molecule has 0 bridgehead atoms. The lowest BCUT2D eigenvalue weighted by Crippen LogP contribution is -2.49. The van der Waals surface area contributed by atoms with Crippen LogP contribution in [0.2, 0.25) is 0 Å². The van der Waals surface area contributed by atoms with Crippen LogP contribution in [0, 0.1) is 12.8 Å². The van der Waals surface area contributed by atoms with E-state index in [1.54, 1.807) is 11.2 Å². The molecule has 3 N–H and O–H groups in total. The number of piperidine rings is 1. The zero-order valence-electron chi connectivity index (χ0n) is 12.5. The largest absolute Gasteiger partial charge is 0.325 e. The lowest BCUT2D eigenvalue weighted by Gasteiger charge is -2.43. The summed E-state index contributed by atoms with van der Waals surface area (Å²) >= 11 is 0. The zero-order valence-corrected chi connectivity index (χ0v) is 13.3. The summed E-state index contributed by atoms with van der Waals surface area (Å²) < 4.78 is 28.0. The average molecular weight is 312 g/mol. The molecule has 0 amide bonds. The molecule has 1 saturated carbocycles. The molecule has 7 heteroatoms. The van der Waals surface area contributed by atoms with Gasteiger partial charge in [0.05, 0.1) is 11.4 Å². The van der Waals surface area contributed by atoms with Gasteiger partial charge in [0.25, 0.3) is 0 Å². The summed E-state index contributed by atoms with van der Waals surface area (Å²) in [5.74, 6) is 0.524. The fourth-order valence-corrected chi connectivity index (χ4v) is 6.04. The van der Waals surface area contributed by atoms with Gasteiger partial charge in [-0.1, -0.05) is 12.8 Å². The first-order valence-corrected chi connectivity index (χ1v) is 9.25. The van der Waals surface area contributed by atoms with Crippen LogP contribution in [0.3, 0.4) is 0 Å². The molecule has 0 spiro atoms. The molecule has 0 aromatic carbocycles. The standard InChI is InChI=1S/C14H24N4O2S/c1-10-14(12(9-15)17-16-10)21(19,20)18-8-4-6-11-5-2-3-7-13(11)18/h11,13H,2-9,15H2,1H3,(H,16,17). The predicted octanol–water partition coefficient (Wildman–Crippen LogP) is 1.52. The summed E-state index contributed by atoms with van der Waals surface area (Å²) in [6.07, 6.45) is 6.61. The van der Waals surface area contributed by atoms with Crippen molar-refractivity contribution >= 4 is 10.0 Å². The van der Waals surface area contributed by atoms with E-state index in [1.165, 1.54) is 6.42 Å². The van der Waals surface area contributed by atoms with Gasteiger partial charge in [-0.2, -0.15) is 9.40 Å². The van der Waals surface area contributed by atoms with Crippen molar-refractivity contribution in [3.63, 3.8) is 0 Å². The third kappa shape index (κ3) is 2.51. The molecular weight excluding hydrogens is 288 g/mol. The van der Waals surface area contributed by atoms with E-state index in [9.17, 15) is 8.42 Å². The van der Waals surface area contributed by atoms with E-state index < -0.39 is 10.0 Å². The summed E-state index contributed by atoms with van der Waals surface area (Å²) in [5.41, 5.74) is 6.70. The van der Waals surface area contributed by atoms with E-state index >= 15 is 0 Å². The highest BCUT2D eigenvalue weighted by molar-refractivity contribution is 7.89. The van der Waals surface area contributed by atoms with Crippen molar-refractivity contribution in [1.82, 2.24) is 14.5 Å². The fourth-order valence-electron chi connectivity index (χ4n) is 3.94. The maximum absolute atomic E-state index is 13.1. The number of H-pyrrole nitrogens is 1. The summed E-state index contributed by atoms with van der Waals surface area (Å²) in [7, 11) is -3.50. The van der Waals surface area contributed by atoms with E-state index in [1.807, 2.05) is 0 Å². The van der Waals surface area contributed by atoms with Crippen molar-refractivity contribution in [3.05, 3.63) is 11.4 Å². The number of nitrogens with zero attached hydrogens (tertiary/aromatic N) is 2. The van der Waals surface area contributed by atoms with Crippen molar-refractivity contribution in [3.8, 4) is 0 Å². The van der Waals surface area contributed by atoms with Gasteiger partial charge in [-0.05, 0) is 38.5 Å². The molecule has 21 heavy (non-hydrogen) atoms. The number of hydrogen-bond donors (Lipinski definition) is 2. The summed E-state index contributed by atoms with van der Waals surface area (Å²) in [4.78, 5) is 0.302. The van der Waals surface area contributed by atoms with Crippen LogP contribution >= 0.6 is 0 Å². The fraction of sp³-hybridized carbons (Fsp3) is 0.786. The van der Waals surface area contributed by atoms with Gasteiger partial charge >= 0.3 is 0 Å². The number of sulfonamides is 1. The third-order valence-electron chi connectivity index (χ3n) is 4.91. The Labute approximate surface area is 126 Å². The molecule has 1 aliphatic heterocycles. The number of nitrogens with one attached hydrogen (secondary N) is 1. The lowest BCUT2D eigenvalue weighted by molar-refractivity contribution is 0.129. The van der Waals surface area contributed by atoms with E-state index in [0.29, 0.717) is 28.7 Å². The monoisotopic (exact) mass is 312 g/mol. The Morgan fingerprint density at radius 2 is 2.00 bits per heavy atom. The Balaban J connectivity index is 1.98. The van der Waals surface area contributed by atoms with Gasteiger partial charge in [0.2, 0.25) is 10.0 Å². The maximum Gasteiger partial charge on any atom is 0.247 e. The number of aryl methyl sites for hydroxylation is 1. The van der Waals surface area contributed by atoms with Gasteiger partial charge in [-0.15, -0.1) is 0 Å². The summed E-state index contributed by atoms with van der Waals surface area (Å²) in [5, 5.41) is 6.81. The number of aromatic nitrogens is 2. The van der Waals surface area contributed by atoms with E-state index in [0.717, 1.165) is 32.1 Å². The number of rotatable bonds is 3. The molecule has 2 heterocycles. The quantitative estimate of drug-likeness (QED) is 0.885. The minimum atomic E-state index is -3.50. The van der Waals surface area contributed by atoms with Gasteiger partial charge in [-0.3, -0.25) is 5.10 Å². The summed E-state index contributed by atoms with van der Waals surface area (Å²) in [6, 6.07) is 0.164. The lowest BCUT2D eigenvalue weighted by atomic mass is 9.79. The first-order valence-electron chi connectivity index (χ1n) is 7.81. The van der Waals surface area contributed by atoms with Gasteiger partial charge < -0.3 is 5.73 Å². The molecule has 1 aromatic rings. The van der Waals surface area contributed by atoms with Crippen LogP contribution in [-0.4, -0.2) is 35.5 Å². The molecule has 2 unspecified atom stereocenters. The number of fused-ring (bicyclic) bond motifs is 1. The van der Waals surface area contributed by atoms with E-state index in [4.69, 9.17) is 5.73 Å². The average Bonchev–Trinajstić information content (AvgIpc) is 2.88. The molecule has 2 fully saturated rings. The Hall–Kier alpha value is -0.920. The number of nitrogens with two attached hydrogens (primary N) is 1. The molecule has 118 valence electrons. The van der Waals surface area contributed by atoms with Crippen LogP contribution in [0.1, 0.15) is 49.9 Å². The second-order valence-corrected chi connectivity index (χ2v) is 8.03. The van der Waals surface area contributed by atoms with Crippen LogP contribution < -0.4 is 5.73 Å². The third-order valence-corrected chi connectivity index (χ3v) is 7.04. The smallest absolute Gasteiger partial charge is 0.247 e. The molecule has 2 atom stereocenters. The van der Waals surface area contributed by atoms with Crippen molar-refractivity contribution in [2.45, 2.75) is 62.9 Å². The number of aromatic amines is 1. The molecule has 1 aliphatic carbocycles. The van der Waals surface area contributed by atoms with E-state index in [2.05, 4.69) is 10.2 Å². The van der Waals surface area contributed by atoms with Gasteiger partial charge in [0.1, 0.15) is 4.90 Å².